The molecular weight excluding hydrogens is 897 g/mol. The Morgan fingerprint density at radius 3 is 0.806 bits per heavy atom. The Morgan fingerprint density at radius 2 is 0.569 bits per heavy atom. The van der Waals surface area contributed by atoms with Gasteiger partial charge in [-0.15, -0.1) is 0 Å². The van der Waals surface area contributed by atoms with Crippen LogP contribution in [0.5, 0.6) is 0 Å². The van der Waals surface area contributed by atoms with E-state index in [1.165, 1.54) is 0 Å². The van der Waals surface area contributed by atoms with Gasteiger partial charge in [0.05, 0.1) is 22.8 Å². The summed E-state index contributed by atoms with van der Waals surface area (Å²) in [5.74, 6) is 0. The number of aliphatic hydroxyl groups is 4. The van der Waals surface area contributed by atoms with Gasteiger partial charge in [-0.1, -0.05) is 0 Å². The van der Waals surface area contributed by atoms with Crippen molar-refractivity contribution in [2.45, 2.75) is 103 Å². The van der Waals surface area contributed by atoms with Gasteiger partial charge in [-0.05, 0) is 124 Å². The molecule has 370 valence electrons. The Kier molecular flexibility index (Phi) is 17.3. The maximum absolute atomic E-state index is 9.48. The average molecular weight is 967 g/mol. The molecule has 6 N–H and O–H groups in total. The standard InChI is InChI=1S/C60H70N8O4/c69-37-9-1-5-29-65-33-13-17-45(41-65)57-49-21-23-51(61-49)58(46-18-14-34-66(42-46)30-6-2-10-38-70)53-25-27-55(63-53)60(48-20-16-36-68(44-48)32-8-4-12-40-72)56-28-26-54(64-56)59(52-24-22-50(57)62-52)47-19-15-35-67(43-47)31-7-3-11-39-71/h13-28,33-36,41-44,61,64,69-72H,1-12,29-32,37-40H2/q+4. The smallest absolute Gasteiger partial charge is 0.176 e. The molecule has 0 radical (unpaired) electrons. The van der Waals surface area contributed by atoms with Crippen LogP contribution < -0.4 is 18.3 Å². The highest BCUT2D eigenvalue weighted by molar-refractivity contribution is 5.99. The van der Waals surface area contributed by atoms with Crippen LogP contribution in [-0.4, -0.2) is 66.8 Å². The molecule has 0 atom stereocenters. The van der Waals surface area contributed by atoms with Crippen LogP contribution in [0.3, 0.4) is 0 Å². The molecule has 0 aliphatic carbocycles. The highest BCUT2D eigenvalue weighted by Gasteiger charge is 2.22. The molecule has 72 heavy (non-hydrogen) atoms. The minimum absolute atomic E-state index is 0.201. The predicted molar refractivity (Wildman–Crippen MR) is 285 cm³/mol. The third-order valence-corrected chi connectivity index (χ3v) is 13.6. The predicted octanol–water partition coefficient (Wildman–Crippen LogP) is 9.12. The number of aryl methyl sites for hydroxylation is 4. The molecule has 0 spiro atoms. The summed E-state index contributed by atoms with van der Waals surface area (Å²) in [6.07, 6.45) is 36.7. The quantitative estimate of drug-likeness (QED) is 0.0263. The number of rotatable bonds is 24. The van der Waals surface area contributed by atoms with Crippen molar-refractivity contribution in [3.8, 4) is 44.5 Å². The molecule has 8 bridgehead atoms. The van der Waals surface area contributed by atoms with Gasteiger partial charge in [-0.25, -0.2) is 28.2 Å². The first-order valence-corrected chi connectivity index (χ1v) is 26.1. The van der Waals surface area contributed by atoms with Crippen LogP contribution in [0.1, 0.15) is 99.8 Å². The molecule has 9 rings (SSSR count). The molecule has 0 fully saturated rings. The van der Waals surface area contributed by atoms with Gasteiger partial charge in [-0.3, -0.25) is 0 Å². The van der Waals surface area contributed by atoms with Crippen molar-refractivity contribution in [3.63, 3.8) is 0 Å². The van der Waals surface area contributed by atoms with Crippen molar-refractivity contribution < 1.29 is 38.7 Å². The number of aromatic nitrogens is 8. The maximum atomic E-state index is 9.48. The first kappa shape index (κ1) is 50.0. The fraction of sp³-hybridized carbons (Fsp3) is 0.333. The number of aromatic amines is 2. The van der Waals surface area contributed by atoms with E-state index >= 15 is 0 Å². The maximum Gasteiger partial charge on any atom is 0.176 e. The fourth-order valence-electron chi connectivity index (χ4n) is 9.99. The molecule has 0 unspecified atom stereocenters. The molecule has 12 heteroatoms. The normalized spacial score (nSPS) is 12.1. The van der Waals surface area contributed by atoms with E-state index in [0.717, 1.165) is 193 Å². The Hall–Kier alpha value is -6.96. The average Bonchev–Trinajstić information content (AvgIpc) is 4.26. The Labute approximate surface area is 422 Å². The van der Waals surface area contributed by atoms with Crippen molar-refractivity contribution in [1.29, 1.82) is 0 Å². The number of fused-ring (bicyclic) bond motifs is 8. The zero-order valence-corrected chi connectivity index (χ0v) is 41.5. The Balaban J connectivity index is 1.33. The summed E-state index contributed by atoms with van der Waals surface area (Å²) in [6, 6.07) is 25.8. The number of nitrogens with zero attached hydrogens (tertiary/aromatic N) is 6. The van der Waals surface area contributed by atoms with Gasteiger partial charge in [0.2, 0.25) is 0 Å². The molecule has 2 aliphatic rings. The van der Waals surface area contributed by atoms with E-state index in [9.17, 15) is 20.4 Å². The van der Waals surface area contributed by atoms with Crippen LogP contribution in [0.2, 0.25) is 0 Å². The molecule has 0 saturated carbocycles. The van der Waals surface area contributed by atoms with Crippen LogP contribution >= 0.6 is 0 Å². The molecule has 7 aromatic heterocycles. The second kappa shape index (κ2) is 24.9. The number of hydrogen-bond donors (Lipinski definition) is 6. The molecule has 0 aromatic carbocycles. The first-order valence-electron chi connectivity index (χ1n) is 26.1. The van der Waals surface area contributed by atoms with Crippen LogP contribution in [-0.2, 0) is 26.2 Å². The third-order valence-electron chi connectivity index (χ3n) is 13.6. The SMILES string of the molecule is OCCCCC[n+]1cccc(-c2c3nc(c(-c4ccc[n+](CCCCCO)c4)c4ccc([nH]4)c(-c4ccc[n+](CCCCCO)c4)c4nc(c(-c5ccc[n+](CCCCCO)c5)c5ccc2[nH]5)C=C4)C=C3)c1. The lowest BCUT2D eigenvalue weighted by Gasteiger charge is -2.07. The highest BCUT2D eigenvalue weighted by Crippen LogP contribution is 2.38. The molecule has 7 aromatic rings. The van der Waals surface area contributed by atoms with Gasteiger partial charge < -0.3 is 30.4 Å². The Bertz CT molecular complexity index is 2780. The van der Waals surface area contributed by atoms with Gasteiger partial charge in [-0.2, -0.15) is 0 Å². The van der Waals surface area contributed by atoms with Crippen LogP contribution in [0, 0.1) is 0 Å². The summed E-state index contributed by atoms with van der Waals surface area (Å²) in [5, 5.41) is 37.9. The molecule has 0 amide bonds. The van der Waals surface area contributed by atoms with Crippen LogP contribution in [0.25, 0.3) is 90.9 Å². The van der Waals surface area contributed by atoms with Crippen molar-refractivity contribution >= 4 is 46.4 Å². The Morgan fingerprint density at radius 1 is 0.319 bits per heavy atom. The summed E-state index contributed by atoms with van der Waals surface area (Å²) in [4.78, 5) is 19.0. The second-order valence-electron chi connectivity index (χ2n) is 19.0. The lowest BCUT2D eigenvalue weighted by atomic mass is 10.1. The minimum Gasteiger partial charge on any atom is -0.396 e. The number of unbranched alkanes of at least 4 members (excludes halogenated alkanes) is 8. The van der Waals surface area contributed by atoms with Gasteiger partial charge in [0.15, 0.2) is 49.6 Å². The fourth-order valence-corrected chi connectivity index (χ4v) is 9.99. The van der Waals surface area contributed by atoms with E-state index in [2.05, 4.69) is 175 Å². The zero-order chi connectivity index (χ0) is 49.5. The highest BCUT2D eigenvalue weighted by atomic mass is 16.3. The van der Waals surface area contributed by atoms with E-state index in [-0.39, 0.29) is 26.4 Å². The molecular formula is C60H70N8O4+4. The lowest BCUT2D eigenvalue weighted by molar-refractivity contribution is -0.697. The van der Waals surface area contributed by atoms with Gasteiger partial charge in [0.25, 0.3) is 0 Å². The van der Waals surface area contributed by atoms with E-state index in [4.69, 9.17) is 9.97 Å². The number of hydrogen-bond acceptors (Lipinski definition) is 6. The van der Waals surface area contributed by atoms with Crippen LogP contribution in [0.15, 0.2) is 122 Å². The number of aliphatic hydroxyl groups excluding tert-OH is 4. The molecule has 9 heterocycles. The zero-order valence-electron chi connectivity index (χ0n) is 41.5. The van der Waals surface area contributed by atoms with E-state index in [1.807, 2.05) is 0 Å². The summed E-state index contributed by atoms with van der Waals surface area (Å²) < 4.78 is 8.96. The van der Waals surface area contributed by atoms with Crippen LogP contribution in [0.4, 0.5) is 0 Å². The molecule has 0 saturated heterocycles. The third kappa shape index (κ3) is 12.2. The minimum atomic E-state index is 0.201. The van der Waals surface area contributed by atoms with Crippen molar-refractivity contribution in [1.82, 2.24) is 19.9 Å². The summed E-state index contributed by atoms with van der Waals surface area (Å²) in [6.45, 7) is 4.14. The first-order chi connectivity index (χ1) is 35.5. The number of pyridine rings is 4. The van der Waals surface area contributed by atoms with E-state index in [0.29, 0.717) is 0 Å². The topological polar surface area (TPSA) is 154 Å². The largest absolute Gasteiger partial charge is 0.396 e. The summed E-state index contributed by atoms with van der Waals surface area (Å²) >= 11 is 0. The number of H-pyrrole nitrogens is 2. The van der Waals surface area contributed by atoms with Gasteiger partial charge in [0.1, 0.15) is 26.2 Å². The van der Waals surface area contributed by atoms with Gasteiger partial charge >= 0.3 is 0 Å². The van der Waals surface area contributed by atoms with E-state index in [1.54, 1.807) is 0 Å². The van der Waals surface area contributed by atoms with Crippen molar-refractivity contribution in [2.75, 3.05) is 26.4 Å². The monoisotopic (exact) mass is 967 g/mol. The lowest BCUT2D eigenvalue weighted by Crippen LogP contribution is -2.32. The van der Waals surface area contributed by atoms with E-state index < -0.39 is 0 Å². The van der Waals surface area contributed by atoms with Crippen molar-refractivity contribution in [3.05, 3.63) is 145 Å². The molecule has 12 nitrogen and oxygen atoms in total. The molecule has 2 aliphatic heterocycles. The van der Waals surface area contributed by atoms with Gasteiger partial charge in [0, 0.05) is 143 Å². The summed E-state index contributed by atoms with van der Waals surface area (Å²) in [5.41, 5.74) is 15.2. The number of nitrogens with one attached hydrogen (secondary N) is 2. The summed E-state index contributed by atoms with van der Waals surface area (Å²) in [7, 11) is 0. The second-order valence-corrected chi connectivity index (χ2v) is 19.0. The van der Waals surface area contributed by atoms with Crippen molar-refractivity contribution in [2.24, 2.45) is 0 Å².